The molecule has 0 fully saturated rings. The molecule has 2 N–H and O–H groups in total. The molecule has 8 nitrogen and oxygen atoms in total. The molecule has 0 spiro atoms. The fourth-order valence-electron chi connectivity index (χ4n) is 3.69. The number of non-ortho nitro benzene ring substituents is 1. The smallest absolute Gasteiger partial charge is 0.269 e. The zero-order valence-electron chi connectivity index (χ0n) is 14.4. The number of rotatable bonds is 3. The van der Waals surface area contributed by atoms with E-state index in [4.69, 9.17) is 0 Å². The second-order valence-corrected chi connectivity index (χ2v) is 7.21. The summed E-state index contributed by atoms with van der Waals surface area (Å²) in [5, 5.41) is 14.8. The molecule has 0 unspecified atom stereocenters. The number of hydrogen-bond acceptors (Lipinski definition) is 7. The van der Waals surface area contributed by atoms with Crippen molar-refractivity contribution in [2.75, 3.05) is 11.6 Å². The Balaban J connectivity index is 1.98. The zero-order chi connectivity index (χ0) is 19.1. The number of nitrogens with zero attached hydrogens (tertiary/aromatic N) is 2. The number of hydrogen-bond donors (Lipinski definition) is 2. The van der Waals surface area contributed by atoms with Gasteiger partial charge in [-0.3, -0.25) is 19.7 Å². The van der Waals surface area contributed by atoms with Crippen molar-refractivity contribution in [1.82, 2.24) is 9.97 Å². The van der Waals surface area contributed by atoms with Gasteiger partial charge in [-0.25, -0.2) is 4.98 Å². The van der Waals surface area contributed by atoms with Gasteiger partial charge in [0.25, 0.3) is 11.2 Å². The van der Waals surface area contributed by atoms with E-state index in [-0.39, 0.29) is 17.0 Å². The Hall–Kier alpha value is -2.94. The number of carbonyl (C=O) groups excluding carboxylic acids is 1. The van der Waals surface area contributed by atoms with Gasteiger partial charge in [0.2, 0.25) is 0 Å². The van der Waals surface area contributed by atoms with E-state index in [0.29, 0.717) is 40.5 Å². The van der Waals surface area contributed by atoms with Crippen LogP contribution in [0, 0.1) is 10.1 Å². The van der Waals surface area contributed by atoms with Crippen LogP contribution in [-0.2, 0) is 4.79 Å². The van der Waals surface area contributed by atoms with Crippen molar-refractivity contribution in [3.05, 3.63) is 67.1 Å². The van der Waals surface area contributed by atoms with Gasteiger partial charge in [0.05, 0.1) is 10.5 Å². The first-order chi connectivity index (χ1) is 13.0. The lowest BCUT2D eigenvalue weighted by molar-refractivity contribution is -0.384. The lowest BCUT2D eigenvalue weighted by Crippen LogP contribution is -2.32. The van der Waals surface area contributed by atoms with Crippen LogP contribution in [0.4, 0.5) is 11.5 Å². The Morgan fingerprint density at radius 1 is 1.30 bits per heavy atom. The summed E-state index contributed by atoms with van der Waals surface area (Å²) < 4.78 is 0. The summed E-state index contributed by atoms with van der Waals surface area (Å²) in [5.74, 6) is -0.302. The van der Waals surface area contributed by atoms with Gasteiger partial charge in [-0.2, -0.15) is 0 Å². The molecule has 4 rings (SSSR count). The largest absolute Gasteiger partial charge is 0.343 e. The number of aromatic amines is 1. The number of thioether (sulfide) groups is 1. The highest BCUT2D eigenvalue weighted by molar-refractivity contribution is 7.98. The third-order valence-corrected chi connectivity index (χ3v) is 5.42. The summed E-state index contributed by atoms with van der Waals surface area (Å²) >= 11 is 1.31. The van der Waals surface area contributed by atoms with Crippen LogP contribution in [0.25, 0.3) is 0 Å². The molecule has 27 heavy (non-hydrogen) atoms. The van der Waals surface area contributed by atoms with Crippen LogP contribution in [0.2, 0.25) is 0 Å². The van der Waals surface area contributed by atoms with Gasteiger partial charge < -0.3 is 10.3 Å². The third-order valence-electron chi connectivity index (χ3n) is 4.84. The highest BCUT2D eigenvalue weighted by Gasteiger charge is 2.38. The van der Waals surface area contributed by atoms with Crippen LogP contribution in [0.1, 0.15) is 36.3 Å². The lowest BCUT2D eigenvalue weighted by atomic mass is 9.76. The number of Topliss-reactive ketones (excluding diaryl/α,β-unsaturated/α-hetero) is 1. The van der Waals surface area contributed by atoms with E-state index in [1.165, 1.54) is 23.9 Å². The number of nitro groups is 1. The molecule has 0 radical (unpaired) electrons. The number of allylic oxidation sites excluding steroid dienone is 2. The second kappa shape index (κ2) is 6.66. The van der Waals surface area contributed by atoms with E-state index >= 15 is 0 Å². The molecule has 0 bridgehead atoms. The molecular weight excluding hydrogens is 368 g/mol. The predicted octanol–water partition coefficient (Wildman–Crippen LogP) is 2.96. The van der Waals surface area contributed by atoms with Crippen molar-refractivity contribution < 1.29 is 9.72 Å². The number of carbonyl (C=O) groups is 1. The van der Waals surface area contributed by atoms with Gasteiger partial charge >= 0.3 is 0 Å². The van der Waals surface area contributed by atoms with E-state index in [1.807, 2.05) is 0 Å². The lowest BCUT2D eigenvalue weighted by Gasteiger charge is -2.32. The average Bonchev–Trinajstić information content (AvgIpc) is 2.66. The summed E-state index contributed by atoms with van der Waals surface area (Å²) in [7, 11) is 0. The third kappa shape index (κ3) is 2.93. The van der Waals surface area contributed by atoms with Crippen molar-refractivity contribution >= 4 is 29.1 Å². The fraction of sp³-hybridized carbons (Fsp3) is 0.278. The van der Waals surface area contributed by atoms with Gasteiger partial charge in [0, 0.05) is 35.7 Å². The minimum atomic E-state index is -0.670. The van der Waals surface area contributed by atoms with E-state index in [9.17, 15) is 19.7 Å². The number of nitro benzene ring substituents is 1. The van der Waals surface area contributed by atoms with Crippen LogP contribution in [0.15, 0.2) is 45.5 Å². The summed E-state index contributed by atoms with van der Waals surface area (Å²) in [5.41, 5.74) is 1.70. The molecule has 1 aromatic heterocycles. The van der Waals surface area contributed by atoms with Gasteiger partial charge in [0.1, 0.15) is 5.82 Å². The van der Waals surface area contributed by atoms with Crippen molar-refractivity contribution in [2.45, 2.75) is 30.3 Å². The van der Waals surface area contributed by atoms with Gasteiger partial charge in [-0.1, -0.05) is 23.9 Å². The molecule has 0 amide bonds. The summed E-state index contributed by atoms with van der Waals surface area (Å²) in [4.78, 5) is 43.4. The first kappa shape index (κ1) is 17.5. The maximum atomic E-state index is 12.8. The molecule has 1 aliphatic carbocycles. The minimum Gasteiger partial charge on any atom is -0.343 e. The maximum absolute atomic E-state index is 12.8. The molecule has 2 aromatic rings. The number of aromatic nitrogens is 2. The normalized spacial score (nSPS) is 18.6. The zero-order valence-corrected chi connectivity index (χ0v) is 15.3. The van der Waals surface area contributed by atoms with Crippen molar-refractivity contribution in [1.29, 1.82) is 0 Å². The molecule has 2 aliphatic rings. The van der Waals surface area contributed by atoms with Crippen LogP contribution in [0.3, 0.4) is 0 Å². The monoisotopic (exact) mass is 384 g/mol. The molecular formula is C18H16N4O4S. The van der Waals surface area contributed by atoms with Crippen molar-refractivity contribution in [2.24, 2.45) is 0 Å². The number of fused-ring (bicyclic) bond motifs is 1. The SMILES string of the molecule is CSc1nc2c(c(=O)[nH]1)[C@@H](c1cccc([N+](=O)[O-])c1)C1=C(CCCC1=O)N2. The molecule has 9 heteroatoms. The van der Waals surface area contributed by atoms with Crippen molar-refractivity contribution in [3.8, 4) is 0 Å². The number of ketones is 1. The summed E-state index contributed by atoms with van der Waals surface area (Å²) in [6, 6.07) is 6.10. The Morgan fingerprint density at radius 3 is 2.85 bits per heavy atom. The second-order valence-electron chi connectivity index (χ2n) is 6.42. The Morgan fingerprint density at radius 2 is 2.11 bits per heavy atom. The van der Waals surface area contributed by atoms with E-state index in [0.717, 1.165) is 12.1 Å². The molecule has 2 heterocycles. The number of benzene rings is 1. The first-order valence-electron chi connectivity index (χ1n) is 8.45. The molecule has 1 atom stereocenters. The van der Waals surface area contributed by atoms with Crippen molar-refractivity contribution in [3.63, 3.8) is 0 Å². The minimum absolute atomic E-state index is 0.0424. The topological polar surface area (TPSA) is 118 Å². The van der Waals surface area contributed by atoms with Gasteiger partial charge in [-0.15, -0.1) is 0 Å². The van der Waals surface area contributed by atoms with Crippen LogP contribution < -0.4 is 10.9 Å². The number of anilines is 1. The average molecular weight is 384 g/mol. The molecule has 138 valence electrons. The molecule has 1 aliphatic heterocycles. The van der Waals surface area contributed by atoms with E-state index in [1.54, 1.807) is 18.4 Å². The first-order valence-corrected chi connectivity index (χ1v) is 9.68. The van der Waals surface area contributed by atoms with E-state index < -0.39 is 10.8 Å². The standard InChI is InChI=1S/C18H16N4O4S/c1-27-18-20-16-15(17(24)21-18)13(9-4-2-5-10(8-9)22(25)26)14-11(19-16)6-3-7-12(14)23/h2,4-5,8,13H,3,6-7H2,1H3,(H2,19,20,21,24)/t13-/m0/s1. The molecule has 0 saturated heterocycles. The van der Waals surface area contributed by atoms with Gasteiger partial charge in [-0.05, 0) is 24.7 Å². The Labute approximate surface area is 158 Å². The summed E-state index contributed by atoms with van der Waals surface area (Å²) in [6.45, 7) is 0. The predicted molar refractivity (Wildman–Crippen MR) is 101 cm³/mol. The Bertz CT molecular complexity index is 1060. The molecule has 1 aromatic carbocycles. The van der Waals surface area contributed by atoms with Crippen LogP contribution in [-0.4, -0.2) is 26.9 Å². The fourth-order valence-corrected chi connectivity index (χ4v) is 4.07. The highest BCUT2D eigenvalue weighted by Crippen LogP contribution is 2.43. The Kier molecular flexibility index (Phi) is 4.31. The number of H-pyrrole nitrogens is 1. The molecule has 0 saturated carbocycles. The van der Waals surface area contributed by atoms with E-state index in [2.05, 4.69) is 15.3 Å². The highest BCUT2D eigenvalue weighted by atomic mass is 32.2. The van der Waals surface area contributed by atoms with Crippen LogP contribution >= 0.6 is 11.8 Å². The number of nitrogens with one attached hydrogen (secondary N) is 2. The summed E-state index contributed by atoms with van der Waals surface area (Å²) in [6.07, 6.45) is 3.60. The van der Waals surface area contributed by atoms with Gasteiger partial charge in [0.15, 0.2) is 10.9 Å². The maximum Gasteiger partial charge on any atom is 0.269 e. The van der Waals surface area contributed by atoms with Crippen LogP contribution in [0.5, 0.6) is 0 Å². The quantitative estimate of drug-likeness (QED) is 0.361.